The smallest absolute Gasteiger partial charge is 0.137 e. The zero-order valence-electron chi connectivity index (χ0n) is 14.9. The number of ketones is 1. The molecule has 2 nitrogen and oxygen atoms in total. The normalized spacial score (nSPS) is 30.4. The molecule has 1 aliphatic rings. The van der Waals surface area contributed by atoms with Gasteiger partial charge < -0.3 is 5.11 Å². The molecule has 1 rings (SSSR count). The van der Waals surface area contributed by atoms with Crippen LogP contribution in [0.3, 0.4) is 0 Å². The highest BCUT2D eigenvalue weighted by molar-refractivity contribution is 5.80. The van der Waals surface area contributed by atoms with Crippen molar-refractivity contribution in [2.45, 2.75) is 78.7 Å². The molecular formula is C20H32O2. The Bertz CT molecular complexity index is 472. The van der Waals surface area contributed by atoms with Gasteiger partial charge in [-0.05, 0) is 64.9 Å². The van der Waals surface area contributed by atoms with E-state index in [1.54, 1.807) is 0 Å². The van der Waals surface area contributed by atoms with Crippen molar-refractivity contribution in [3.63, 3.8) is 0 Å². The van der Waals surface area contributed by atoms with Gasteiger partial charge >= 0.3 is 0 Å². The molecule has 0 saturated heterocycles. The lowest BCUT2D eigenvalue weighted by Crippen LogP contribution is -2.22. The van der Waals surface area contributed by atoms with Gasteiger partial charge in [-0.2, -0.15) is 0 Å². The Kier molecular flexibility index (Phi) is 7.28. The van der Waals surface area contributed by atoms with Crippen molar-refractivity contribution >= 4 is 5.78 Å². The quantitative estimate of drug-likeness (QED) is 0.681. The maximum atomic E-state index is 12.1. The predicted octanol–water partition coefficient (Wildman–Crippen LogP) is 5.14. The van der Waals surface area contributed by atoms with E-state index in [0.717, 1.165) is 31.3 Å². The molecule has 0 spiro atoms. The lowest BCUT2D eigenvalue weighted by molar-refractivity contribution is -0.119. The first kappa shape index (κ1) is 18.9. The first-order valence-electron chi connectivity index (χ1n) is 8.45. The summed E-state index contributed by atoms with van der Waals surface area (Å²) in [6, 6.07) is 0. The van der Waals surface area contributed by atoms with Gasteiger partial charge in [0, 0.05) is 12.8 Å². The number of Topliss-reactive ketones (excluding diaryl/α,β-unsaturated/α-hetero) is 1. The van der Waals surface area contributed by atoms with E-state index in [1.807, 2.05) is 13.8 Å². The fourth-order valence-corrected chi connectivity index (χ4v) is 2.81. The van der Waals surface area contributed by atoms with E-state index in [-0.39, 0.29) is 0 Å². The Hall–Kier alpha value is -1.15. The van der Waals surface area contributed by atoms with Gasteiger partial charge in [0.05, 0.1) is 5.60 Å². The van der Waals surface area contributed by atoms with E-state index >= 15 is 0 Å². The second-order valence-corrected chi connectivity index (χ2v) is 7.42. The number of hydrogen-bond donors (Lipinski definition) is 1. The van der Waals surface area contributed by atoms with E-state index in [9.17, 15) is 9.90 Å². The van der Waals surface area contributed by atoms with Gasteiger partial charge in [-0.15, -0.1) is 0 Å². The average Bonchev–Trinajstić information content (AvgIpc) is 2.35. The summed E-state index contributed by atoms with van der Waals surface area (Å²) in [6.07, 6.45) is 11.4. The fourth-order valence-electron chi connectivity index (χ4n) is 2.81. The summed E-state index contributed by atoms with van der Waals surface area (Å²) in [7, 11) is 0. The van der Waals surface area contributed by atoms with Crippen LogP contribution in [-0.4, -0.2) is 16.5 Å². The van der Waals surface area contributed by atoms with Crippen molar-refractivity contribution < 1.29 is 9.90 Å². The molecule has 124 valence electrons. The van der Waals surface area contributed by atoms with Crippen LogP contribution in [0.25, 0.3) is 0 Å². The molecule has 1 atom stereocenters. The topological polar surface area (TPSA) is 37.3 Å². The molecule has 0 fully saturated rings. The molecular weight excluding hydrogens is 272 g/mol. The van der Waals surface area contributed by atoms with Crippen LogP contribution in [0.1, 0.15) is 73.1 Å². The molecule has 2 heteroatoms. The number of rotatable bonds is 1. The largest absolute Gasteiger partial charge is 0.386 e. The molecule has 0 saturated carbocycles. The van der Waals surface area contributed by atoms with Crippen molar-refractivity contribution in [2.24, 2.45) is 5.92 Å². The highest BCUT2D eigenvalue weighted by Gasteiger charge is 2.20. The summed E-state index contributed by atoms with van der Waals surface area (Å²) < 4.78 is 0. The monoisotopic (exact) mass is 304 g/mol. The molecule has 0 unspecified atom stereocenters. The first-order chi connectivity index (χ1) is 10.2. The Balaban J connectivity index is 2.97. The van der Waals surface area contributed by atoms with Crippen LogP contribution in [0.4, 0.5) is 0 Å². The van der Waals surface area contributed by atoms with Gasteiger partial charge in [0.25, 0.3) is 0 Å². The Morgan fingerprint density at radius 3 is 2.45 bits per heavy atom. The highest BCUT2D eigenvalue weighted by atomic mass is 16.3. The van der Waals surface area contributed by atoms with Gasteiger partial charge in [-0.1, -0.05) is 36.3 Å². The molecule has 1 aliphatic carbocycles. The lowest BCUT2D eigenvalue weighted by Gasteiger charge is -2.23. The minimum Gasteiger partial charge on any atom is -0.386 e. The third-order valence-electron chi connectivity index (χ3n) is 4.34. The minimum absolute atomic E-state index is 0.333. The molecule has 1 N–H and O–H groups in total. The Morgan fingerprint density at radius 1 is 1.14 bits per heavy atom. The summed E-state index contributed by atoms with van der Waals surface area (Å²) in [4.78, 5) is 12.1. The van der Waals surface area contributed by atoms with Gasteiger partial charge in [0.2, 0.25) is 0 Å². The number of carbonyl (C=O) groups excluding carboxylic acids is 1. The third kappa shape index (κ3) is 7.22. The third-order valence-corrected chi connectivity index (χ3v) is 4.34. The average molecular weight is 304 g/mol. The molecule has 0 aromatic rings. The molecule has 0 aliphatic heterocycles. The molecule has 0 radical (unpaired) electrons. The number of aliphatic hydroxyl groups is 1. The van der Waals surface area contributed by atoms with E-state index in [2.05, 4.69) is 39.0 Å². The molecule has 0 aromatic carbocycles. The summed E-state index contributed by atoms with van der Waals surface area (Å²) in [5, 5.41) is 10.3. The van der Waals surface area contributed by atoms with Gasteiger partial charge in [-0.25, -0.2) is 0 Å². The maximum absolute atomic E-state index is 12.1. The van der Waals surface area contributed by atoms with Crippen LogP contribution >= 0.6 is 0 Å². The zero-order valence-corrected chi connectivity index (χ0v) is 14.9. The predicted molar refractivity (Wildman–Crippen MR) is 93.8 cm³/mol. The van der Waals surface area contributed by atoms with Crippen molar-refractivity contribution in [1.82, 2.24) is 0 Å². The Morgan fingerprint density at radius 2 is 1.82 bits per heavy atom. The van der Waals surface area contributed by atoms with E-state index in [4.69, 9.17) is 0 Å². The van der Waals surface area contributed by atoms with Gasteiger partial charge in [-0.3, -0.25) is 4.79 Å². The van der Waals surface area contributed by atoms with Gasteiger partial charge in [0.15, 0.2) is 0 Å². The van der Waals surface area contributed by atoms with E-state index < -0.39 is 5.60 Å². The van der Waals surface area contributed by atoms with Crippen molar-refractivity contribution in [2.75, 3.05) is 0 Å². The summed E-state index contributed by atoms with van der Waals surface area (Å²) in [5.41, 5.74) is 2.75. The second kappa shape index (κ2) is 8.47. The zero-order chi connectivity index (χ0) is 16.8. The van der Waals surface area contributed by atoms with Crippen LogP contribution in [0, 0.1) is 5.92 Å². The van der Waals surface area contributed by atoms with Crippen molar-refractivity contribution in [1.29, 1.82) is 0 Å². The van der Waals surface area contributed by atoms with E-state index in [0.29, 0.717) is 24.5 Å². The number of carbonyl (C=O) groups is 1. The SMILES string of the molecule is C/C1=C/CC/C(C)=C/C=C(/C(C)(C)O)CC[C@H](C)CC(=O)C1. The summed E-state index contributed by atoms with van der Waals surface area (Å²) >= 11 is 0. The molecule has 22 heavy (non-hydrogen) atoms. The second-order valence-electron chi connectivity index (χ2n) is 7.42. The fraction of sp³-hybridized carbons (Fsp3) is 0.650. The molecule has 0 bridgehead atoms. The molecule has 0 aromatic heterocycles. The summed E-state index contributed by atoms with van der Waals surface area (Å²) in [5.74, 6) is 0.693. The van der Waals surface area contributed by atoms with Crippen LogP contribution in [-0.2, 0) is 4.79 Å². The summed E-state index contributed by atoms with van der Waals surface area (Å²) in [6.45, 7) is 9.99. The van der Waals surface area contributed by atoms with Crippen LogP contribution in [0.15, 0.2) is 34.9 Å². The van der Waals surface area contributed by atoms with Crippen molar-refractivity contribution in [3.05, 3.63) is 34.9 Å². The van der Waals surface area contributed by atoms with E-state index in [1.165, 1.54) is 11.1 Å². The highest BCUT2D eigenvalue weighted by Crippen LogP contribution is 2.25. The standard InChI is InChI=1S/C20H32O2/c1-15-7-6-8-16(2)13-19(21)14-17(3)10-12-18(11-9-15)20(4,5)22/h8-9,11,17,22H,6-7,10,12-14H2,1-5H3/b15-9+,16-8-,18-11+/t17-/m0/s1. The first-order valence-corrected chi connectivity index (χ1v) is 8.45. The van der Waals surface area contributed by atoms with Crippen LogP contribution in [0.2, 0.25) is 0 Å². The molecule has 0 heterocycles. The Labute approximate surface area is 136 Å². The number of allylic oxidation sites excluding steroid dienone is 5. The lowest BCUT2D eigenvalue weighted by atomic mass is 9.88. The van der Waals surface area contributed by atoms with Gasteiger partial charge in [0.1, 0.15) is 5.78 Å². The van der Waals surface area contributed by atoms with Crippen LogP contribution < -0.4 is 0 Å². The minimum atomic E-state index is -0.798. The molecule has 0 amide bonds. The number of hydrogen-bond acceptors (Lipinski definition) is 2. The van der Waals surface area contributed by atoms with Crippen molar-refractivity contribution in [3.8, 4) is 0 Å². The van der Waals surface area contributed by atoms with Crippen LogP contribution in [0.5, 0.6) is 0 Å². The maximum Gasteiger partial charge on any atom is 0.137 e.